The van der Waals surface area contributed by atoms with Crippen LogP contribution in [0.4, 0.5) is 0 Å². The average molecular weight is 233 g/mol. The maximum atomic E-state index is 11.1. The van der Waals surface area contributed by atoms with Gasteiger partial charge in [-0.3, -0.25) is 4.79 Å². The van der Waals surface area contributed by atoms with Crippen LogP contribution in [0.15, 0.2) is 18.2 Å². The summed E-state index contributed by atoms with van der Waals surface area (Å²) in [6.07, 6.45) is 0.257. The van der Waals surface area contributed by atoms with Gasteiger partial charge < -0.3 is 4.74 Å². The van der Waals surface area contributed by atoms with Crippen LogP contribution in [0.25, 0.3) is 0 Å². The molecule has 0 saturated carbocycles. The molecule has 0 radical (unpaired) electrons. The lowest BCUT2D eigenvalue weighted by Gasteiger charge is -2.08. The number of ketones is 1. The van der Waals surface area contributed by atoms with Crippen LogP contribution in [-0.4, -0.2) is 18.8 Å². The zero-order valence-electron chi connectivity index (χ0n) is 7.72. The molecule has 0 aliphatic rings. The Labute approximate surface area is 92.8 Å². The van der Waals surface area contributed by atoms with Crippen LogP contribution >= 0.6 is 23.2 Å². The molecule has 0 aromatic heterocycles. The number of carbonyl (C=O) groups excluding carboxylic acids is 1. The molecule has 0 aliphatic heterocycles. The number of hydrogen-bond donors (Lipinski definition) is 0. The molecular formula is C10H10Cl2O2. The smallest absolute Gasteiger partial charge is 0.152 e. The summed E-state index contributed by atoms with van der Waals surface area (Å²) in [5.74, 6) is 0.509. The highest BCUT2D eigenvalue weighted by atomic mass is 35.5. The van der Waals surface area contributed by atoms with Crippen molar-refractivity contribution >= 4 is 29.0 Å². The first kappa shape index (κ1) is 11.3. The lowest BCUT2D eigenvalue weighted by atomic mass is 10.1. The third-order valence-corrected chi connectivity index (χ3v) is 2.39. The quantitative estimate of drug-likeness (QED) is 0.747. The normalized spacial score (nSPS) is 9.93. The van der Waals surface area contributed by atoms with E-state index in [1.54, 1.807) is 18.2 Å². The molecule has 1 aromatic carbocycles. The van der Waals surface area contributed by atoms with Gasteiger partial charge in [0, 0.05) is 12.0 Å². The molecule has 0 spiro atoms. The molecule has 0 atom stereocenters. The number of benzene rings is 1. The lowest BCUT2D eigenvalue weighted by Crippen LogP contribution is -2.05. The lowest BCUT2D eigenvalue weighted by molar-refractivity contribution is -0.116. The minimum atomic E-state index is -0.0489. The van der Waals surface area contributed by atoms with Crippen LogP contribution in [0.5, 0.6) is 5.75 Å². The van der Waals surface area contributed by atoms with E-state index in [1.165, 1.54) is 7.11 Å². The highest BCUT2D eigenvalue weighted by Gasteiger charge is 2.10. The molecule has 0 aliphatic carbocycles. The van der Waals surface area contributed by atoms with Gasteiger partial charge in [-0.15, -0.1) is 11.6 Å². The second-order valence-electron chi connectivity index (χ2n) is 2.78. The van der Waals surface area contributed by atoms with Gasteiger partial charge in [-0.2, -0.15) is 0 Å². The predicted octanol–water partition coefficient (Wildman–Crippen LogP) is 2.70. The Kier molecular flexibility index (Phi) is 4.23. The third kappa shape index (κ3) is 2.63. The molecule has 2 nitrogen and oxygen atoms in total. The number of Topliss-reactive ketones (excluding diaryl/α,β-unsaturated/α-hetero) is 1. The van der Waals surface area contributed by atoms with Gasteiger partial charge in [-0.25, -0.2) is 0 Å². The van der Waals surface area contributed by atoms with E-state index >= 15 is 0 Å². The van der Waals surface area contributed by atoms with Crippen molar-refractivity contribution in [3.05, 3.63) is 28.8 Å². The van der Waals surface area contributed by atoms with Gasteiger partial charge in [-0.1, -0.05) is 23.7 Å². The van der Waals surface area contributed by atoms with Gasteiger partial charge in [0.25, 0.3) is 0 Å². The van der Waals surface area contributed by atoms with Gasteiger partial charge in [0.15, 0.2) is 5.78 Å². The Morgan fingerprint density at radius 3 is 2.79 bits per heavy atom. The molecule has 0 saturated heterocycles. The first-order valence-corrected chi connectivity index (χ1v) is 4.99. The fourth-order valence-electron chi connectivity index (χ4n) is 1.18. The molecule has 0 fully saturated rings. The Bertz CT molecular complexity index is 337. The molecule has 1 rings (SSSR count). The van der Waals surface area contributed by atoms with Crippen molar-refractivity contribution in [3.63, 3.8) is 0 Å². The first-order valence-electron chi connectivity index (χ1n) is 4.08. The largest absolute Gasteiger partial charge is 0.495 e. The number of methoxy groups -OCH3 is 1. The third-order valence-electron chi connectivity index (χ3n) is 1.79. The Balaban J connectivity index is 2.96. The summed E-state index contributed by atoms with van der Waals surface area (Å²) in [5.41, 5.74) is 0.769. The Morgan fingerprint density at radius 1 is 1.50 bits per heavy atom. The van der Waals surface area contributed by atoms with Crippen molar-refractivity contribution in [2.45, 2.75) is 6.42 Å². The monoisotopic (exact) mass is 232 g/mol. The number of ether oxygens (including phenoxy) is 1. The number of carbonyl (C=O) groups is 1. The second-order valence-corrected chi connectivity index (χ2v) is 3.46. The molecule has 0 heterocycles. The minimum absolute atomic E-state index is 0.00959. The highest BCUT2D eigenvalue weighted by molar-refractivity contribution is 6.32. The van der Waals surface area contributed by atoms with Crippen LogP contribution in [0.2, 0.25) is 5.02 Å². The molecule has 0 N–H and O–H groups in total. The summed E-state index contributed by atoms with van der Waals surface area (Å²) in [7, 11) is 1.52. The van der Waals surface area contributed by atoms with E-state index in [2.05, 4.69) is 0 Å². The fourth-order valence-corrected chi connectivity index (χ4v) is 1.55. The Hall–Kier alpha value is -0.730. The van der Waals surface area contributed by atoms with Gasteiger partial charge >= 0.3 is 0 Å². The van der Waals surface area contributed by atoms with Crippen molar-refractivity contribution in [3.8, 4) is 5.75 Å². The van der Waals surface area contributed by atoms with E-state index in [9.17, 15) is 4.79 Å². The maximum absolute atomic E-state index is 11.1. The number of para-hydroxylation sites is 1. The average Bonchev–Trinajstić information content (AvgIpc) is 2.18. The number of hydrogen-bond acceptors (Lipinski definition) is 2. The molecule has 0 bridgehead atoms. The van der Waals surface area contributed by atoms with Crippen molar-refractivity contribution in [1.29, 1.82) is 0 Å². The van der Waals surface area contributed by atoms with Crippen LogP contribution < -0.4 is 4.74 Å². The standard InChI is InChI=1S/C10H10Cl2O2/c1-14-10-7(5-8(13)6-11)3-2-4-9(10)12/h2-4H,5-6H2,1H3. The highest BCUT2D eigenvalue weighted by Crippen LogP contribution is 2.28. The molecule has 4 heteroatoms. The Morgan fingerprint density at radius 2 is 2.21 bits per heavy atom. The van der Waals surface area contributed by atoms with Crippen molar-refractivity contribution in [2.75, 3.05) is 13.0 Å². The number of halogens is 2. The summed E-state index contributed by atoms with van der Waals surface area (Å²) in [5, 5.41) is 0.507. The summed E-state index contributed by atoms with van der Waals surface area (Å²) >= 11 is 11.3. The summed E-state index contributed by atoms with van der Waals surface area (Å²) in [6, 6.07) is 5.30. The van der Waals surface area contributed by atoms with E-state index in [1.807, 2.05) is 0 Å². The van der Waals surface area contributed by atoms with Crippen LogP contribution in [-0.2, 0) is 11.2 Å². The van der Waals surface area contributed by atoms with Crippen molar-refractivity contribution in [1.82, 2.24) is 0 Å². The molecule has 76 valence electrons. The molecule has 0 amide bonds. The van der Waals surface area contributed by atoms with Crippen LogP contribution in [0, 0.1) is 0 Å². The maximum Gasteiger partial charge on any atom is 0.152 e. The van der Waals surface area contributed by atoms with Crippen molar-refractivity contribution < 1.29 is 9.53 Å². The first-order chi connectivity index (χ1) is 6.69. The molecular weight excluding hydrogens is 223 g/mol. The SMILES string of the molecule is COc1c(Cl)cccc1CC(=O)CCl. The minimum Gasteiger partial charge on any atom is -0.495 e. The van der Waals surface area contributed by atoms with Crippen LogP contribution in [0.3, 0.4) is 0 Å². The topological polar surface area (TPSA) is 26.3 Å². The zero-order valence-corrected chi connectivity index (χ0v) is 9.23. The van der Waals surface area contributed by atoms with E-state index in [4.69, 9.17) is 27.9 Å². The molecule has 1 aromatic rings. The number of rotatable bonds is 4. The van der Waals surface area contributed by atoms with Gasteiger partial charge in [0.05, 0.1) is 18.0 Å². The van der Waals surface area contributed by atoms with Gasteiger partial charge in [-0.05, 0) is 6.07 Å². The number of alkyl halides is 1. The van der Waals surface area contributed by atoms with E-state index < -0.39 is 0 Å². The van der Waals surface area contributed by atoms with E-state index in [0.717, 1.165) is 5.56 Å². The van der Waals surface area contributed by atoms with Crippen LogP contribution in [0.1, 0.15) is 5.56 Å². The summed E-state index contributed by atoms with van der Waals surface area (Å²) in [6.45, 7) is 0. The van der Waals surface area contributed by atoms with Gasteiger partial charge in [0.1, 0.15) is 5.75 Å². The molecule has 0 unspecified atom stereocenters. The molecule has 14 heavy (non-hydrogen) atoms. The van der Waals surface area contributed by atoms with E-state index in [0.29, 0.717) is 10.8 Å². The predicted molar refractivity (Wildman–Crippen MR) is 57.4 cm³/mol. The van der Waals surface area contributed by atoms with Crippen molar-refractivity contribution in [2.24, 2.45) is 0 Å². The summed E-state index contributed by atoms with van der Waals surface area (Å²) < 4.78 is 5.09. The zero-order chi connectivity index (χ0) is 10.6. The summed E-state index contributed by atoms with van der Waals surface area (Å²) in [4.78, 5) is 11.1. The fraction of sp³-hybridized carbons (Fsp3) is 0.300. The van der Waals surface area contributed by atoms with Gasteiger partial charge in [0.2, 0.25) is 0 Å². The second kappa shape index (κ2) is 5.23. The van der Waals surface area contributed by atoms with E-state index in [-0.39, 0.29) is 18.1 Å².